The van der Waals surface area contributed by atoms with Crippen molar-refractivity contribution in [2.75, 3.05) is 0 Å². The van der Waals surface area contributed by atoms with Crippen LogP contribution in [0, 0.1) is 107 Å². The van der Waals surface area contributed by atoms with E-state index in [4.69, 9.17) is 0 Å². The Kier molecular flexibility index (Phi) is 56.4. The van der Waals surface area contributed by atoms with Crippen LogP contribution >= 0.6 is 0 Å². The molecule has 0 aromatic carbocycles. The van der Waals surface area contributed by atoms with Crippen molar-refractivity contribution in [3.05, 3.63) is 0 Å². The molecule has 0 aliphatic carbocycles. The molecule has 0 heterocycles. The molecule has 0 heteroatoms. The molecule has 0 aromatic heterocycles. The average molecular weight is 882 g/mol. The topological polar surface area (TPSA) is 0 Å². The maximum atomic E-state index is 2.38. The molecule has 0 aliphatic rings. The first-order chi connectivity index (χ1) is 28.1. The van der Waals surface area contributed by atoms with Crippen molar-refractivity contribution in [1.29, 1.82) is 0 Å². The van der Waals surface area contributed by atoms with E-state index in [1.165, 1.54) is 89.9 Å². The lowest BCUT2D eigenvalue weighted by atomic mass is 9.91. The zero-order valence-electron chi connectivity index (χ0n) is 50.3. The predicted molar refractivity (Wildman–Crippen MR) is 298 cm³/mol. The molecule has 2 atom stereocenters. The van der Waals surface area contributed by atoms with E-state index in [2.05, 4.69) is 208 Å². The molecule has 384 valence electrons. The van der Waals surface area contributed by atoms with Gasteiger partial charge in [-0.2, -0.15) is 0 Å². The minimum Gasteiger partial charge on any atom is -0.0628 e. The predicted octanol–water partition coefficient (Wildman–Crippen LogP) is 23.1. The van der Waals surface area contributed by atoms with Crippen molar-refractivity contribution in [3.8, 4) is 0 Å². The number of hydrogen-bond acceptors (Lipinski definition) is 0. The van der Waals surface area contributed by atoms with Crippen LogP contribution in [0.4, 0.5) is 0 Å². The third-order valence-corrected chi connectivity index (χ3v) is 11.2. The summed E-state index contributed by atoms with van der Waals surface area (Å²) in [5.74, 6) is 16.0. The van der Waals surface area contributed by atoms with E-state index in [1.807, 2.05) is 0 Å². The molecule has 0 saturated carbocycles. The molecule has 62 heavy (non-hydrogen) atoms. The van der Waals surface area contributed by atoms with Crippen LogP contribution in [0.5, 0.6) is 0 Å². The van der Waals surface area contributed by atoms with Gasteiger partial charge in [0.25, 0.3) is 0 Å². The summed E-state index contributed by atoms with van der Waals surface area (Å²) in [7, 11) is 0. The molecule has 0 rings (SSSR count). The molecule has 0 aromatic rings. The fourth-order valence-corrected chi connectivity index (χ4v) is 9.90. The highest BCUT2D eigenvalue weighted by atomic mass is 14.2. The van der Waals surface area contributed by atoms with Gasteiger partial charge in [-0.3, -0.25) is 0 Å². The number of hydrogen-bond donors (Lipinski definition) is 0. The highest BCUT2D eigenvalue weighted by molar-refractivity contribution is 4.62. The van der Waals surface area contributed by atoms with Gasteiger partial charge in [-0.1, -0.05) is 233 Å². The van der Waals surface area contributed by atoms with E-state index in [-0.39, 0.29) is 0 Å². The first kappa shape index (κ1) is 73.6. The highest BCUT2D eigenvalue weighted by Crippen LogP contribution is 2.22. The molecular formula is C62H136. The Bertz CT molecular complexity index is 652. The van der Waals surface area contributed by atoms with Gasteiger partial charge in [-0.25, -0.2) is 0 Å². The minimum absolute atomic E-state index is 0.869. The second kappa shape index (κ2) is 47.5. The molecule has 0 nitrogen and oxygen atoms in total. The molecule has 0 radical (unpaired) electrons. The van der Waals surface area contributed by atoms with Gasteiger partial charge >= 0.3 is 0 Å². The largest absolute Gasteiger partial charge is 0.0628 e. The van der Waals surface area contributed by atoms with Crippen molar-refractivity contribution in [2.24, 2.45) is 107 Å². The maximum Gasteiger partial charge on any atom is -0.0438 e. The summed E-state index contributed by atoms with van der Waals surface area (Å²) in [6.07, 6.45) is 19.5. The van der Waals surface area contributed by atoms with Crippen LogP contribution in [-0.4, -0.2) is 0 Å². The first-order valence-electron chi connectivity index (χ1n) is 28.1. The SMILES string of the molecule is CC(C)CC(C)CC(C)C.CC(C)CC(C)CC(C)C.CC(C)CC(C)CC(C)C.CC(C)CC(C)CC(C)C.CC(C)CCC(C)CC(C)C.CC(C)CCC(C)CC(C)C. The van der Waals surface area contributed by atoms with Crippen LogP contribution in [0.3, 0.4) is 0 Å². The van der Waals surface area contributed by atoms with Crippen molar-refractivity contribution < 1.29 is 0 Å². The summed E-state index contributed by atoms with van der Waals surface area (Å²) < 4.78 is 0. The van der Waals surface area contributed by atoms with Crippen LogP contribution in [0.2, 0.25) is 0 Å². The summed E-state index contributed by atoms with van der Waals surface area (Å²) in [5.41, 5.74) is 0. The second-order valence-electron chi connectivity index (χ2n) is 26.9. The van der Waals surface area contributed by atoms with Crippen LogP contribution in [0.1, 0.15) is 298 Å². The third-order valence-electron chi connectivity index (χ3n) is 11.2. The Morgan fingerprint density at radius 2 is 0.242 bits per heavy atom. The zero-order valence-corrected chi connectivity index (χ0v) is 50.3. The maximum absolute atomic E-state index is 2.38. The van der Waals surface area contributed by atoms with Crippen LogP contribution in [-0.2, 0) is 0 Å². The van der Waals surface area contributed by atoms with Crippen LogP contribution in [0.15, 0.2) is 0 Å². The molecule has 0 aliphatic heterocycles. The fourth-order valence-electron chi connectivity index (χ4n) is 9.90. The van der Waals surface area contributed by atoms with Gasteiger partial charge in [0.1, 0.15) is 0 Å². The van der Waals surface area contributed by atoms with Gasteiger partial charge in [0.05, 0.1) is 0 Å². The molecule has 2 unspecified atom stereocenters. The van der Waals surface area contributed by atoms with Gasteiger partial charge in [0, 0.05) is 0 Å². The summed E-state index contributed by atoms with van der Waals surface area (Å²) >= 11 is 0. The Morgan fingerprint density at radius 3 is 0.339 bits per heavy atom. The van der Waals surface area contributed by atoms with E-state index in [9.17, 15) is 0 Å². The van der Waals surface area contributed by atoms with E-state index in [0.29, 0.717) is 0 Å². The lowest BCUT2D eigenvalue weighted by molar-refractivity contribution is 0.368. The Morgan fingerprint density at radius 1 is 0.129 bits per heavy atom. The molecule has 0 fully saturated rings. The highest BCUT2D eigenvalue weighted by Gasteiger charge is 2.10. The number of rotatable bonds is 26. The smallest absolute Gasteiger partial charge is 0.0438 e. The molecule has 0 saturated heterocycles. The van der Waals surface area contributed by atoms with Crippen molar-refractivity contribution >= 4 is 0 Å². The minimum atomic E-state index is 0.869. The summed E-state index contributed by atoms with van der Waals surface area (Å²) in [6, 6.07) is 0. The van der Waals surface area contributed by atoms with Crippen molar-refractivity contribution in [1.82, 2.24) is 0 Å². The van der Waals surface area contributed by atoms with Gasteiger partial charge in [-0.15, -0.1) is 0 Å². The zero-order chi connectivity index (χ0) is 50.3. The summed E-state index contributed by atoms with van der Waals surface area (Å²) in [6.45, 7) is 69.5. The van der Waals surface area contributed by atoms with Crippen molar-refractivity contribution in [3.63, 3.8) is 0 Å². The van der Waals surface area contributed by atoms with E-state index in [1.54, 1.807) is 0 Å². The quantitative estimate of drug-likeness (QED) is 0.0812. The normalized spacial score (nSPS) is 12.9. The van der Waals surface area contributed by atoms with Gasteiger partial charge < -0.3 is 0 Å². The molecule has 0 N–H and O–H groups in total. The average Bonchev–Trinajstić information content (AvgIpc) is 3.00. The molecule has 0 bridgehead atoms. The monoisotopic (exact) mass is 881 g/mol. The summed E-state index contributed by atoms with van der Waals surface area (Å²) in [4.78, 5) is 0. The van der Waals surface area contributed by atoms with Crippen molar-refractivity contribution in [2.45, 2.75) is 298 Å². The van der Waals surface area contributed by atoms with Gasteiger partial charge in [0.2, 0.25) is 0 Å². The summed E-state index contributed by atoms with van der Waals surface area (Å²) in [5, 5.41) is 0. The Hall–Kier alpha value is 0. The van der Waals surface area contributed by atoms with E-state index in [0.717, 1.165) is 107 Å². The lowest BCUT2D eigenvalue weighted by Crippen LogP contribution is -2.03. The van der Waals surface area contributed by atoms with Gasteiger partial charge in [-0.05, 0) is 171 Å². The lowest BCUT2D eigenvalue weighted by Gasteiger charge is -2.15. The third kappa shape index (κ3) is 83.5. The van der Waals surface area contributed by atoms with Crippen LogP contribution < -0.4 is 0 Å². The van der Waals surface area contributed by atoms with E-state index >= 15 is 0 Å². The Labute approximate surface area is 402 Å². The Balaban J connectivity index is -0.000000152. The van der Waals surface area contributed by atoms with E-state index < -0.39 is 0 Å². The fraction of sp³-hybridized carbons (Fsp3) is 1.00. The van der Waals surface area contributed by atoms with Crippen LogP contribution in [0.25, 0.3) is 0 Å². The molecule has 0 amide bonds. The molecule has 0 spiro atoms. The standard InChI is InChI=1S/2C11H24.4C10H22/c2*1-9(2)6-7-11(5)8-10(3)4;4*1-8(2)6-10(5)7-9(3)4/h2*9-11H,6-8H2,1-5H3;4*8-10H,6-7H2,1-5H3. The second-order valence-corrected chi connectivity index (χ2v) is 26.9. The first-order valence-corrected chi connectivity index (χ1v) is 28.1. The molecular weight excluding hydrogens is 745 g/mol. The van der Waals surface area contributed by atoms with Gasteiger partial charge in [0.15, 0.2) is 0 Å².